The summed E-state index contributed by atoms with van der Waals surface area (Å²) >= 11 is 0.832. The number of carbonyl (C=O) groups is 2. The summed E-state index contributed by atoms with van der Waals surface area (Å²) in [6.45, 7) is 0. The van der Waals surface area contributed by atoms with Crippen LogP contribution in [0.15, 0.2) is 62.7 Å². The number of hydrogen-bond donors (Lipinski definition) is 1. The molecule has 148 valence electrons. The van der Waals surface area contributed by atoms with Gasteiger partial charge in [-0.15, -0.1) is 4.40 Å². The molecule has 4 rings (SSSR count). The maximum absolute atomic E-state index is 12.7. The summed E-state index contributed by atoms with van der Waals surface area (Å²) in [5, 5.41) is 2.33. The van der Waals surface area contributed by atoms with Crippen LogP contribution in [0.3, 0.4) is 0 Å². The van der Waals surface area contributed by atoms with E-state index in [9.17, 15) is 18.0 Å². The van der Waals surface area contributed by atoms with Crippen molar-refractivity contribution in [3.8, 4) is 5.75 Å². The summed E-state index contributed by atoms with van der Waals surface area (Å²) < 4.78 is 33.8. The fourth-order valence-electron chi connectivity index (χ4n) is 3.03. The number of benzene rings is 2. The van der Waals surface area contributed by atoms with E-state index in [1.165, 1.54) is 36.3 Å². The second kappa shape index (κ2) is 7.05. The average Bonchev–Trinajstić information content (AvgIpc) is 3.18. The van der Waals surface area contributed by atoms with Gasteiger partial charge >= 0.3 is 0 Å². The highest BCUT2D eigenvalue weighted by molar-refractivity contribution is 8.19. The number of likely N-dealkylation sites (N-methyl/N-ethyl adjacent to an activating group) is 1. The minimum atomic E-state index is -4.04. The third kappa shape index (κ3) is 3.30. The van der Waals surface area contributed by atoms with Crippen LogP contribution in [0.2, 0.25) is 0 Å². The van der Waals surface area contributed by atoms with E-state index < -0.39 is 15.9 Å². The Labute approximate surface area is 171 Å². The zero-order chi connectivity index (χ0) is 20.8. The van der Waals surface area contributed by atoms with Crippen LogP contribution in [0.1, 0.15) is 5.56 Å². The number of methoxy groups -OCH3 is 1. The first-order chi connectivity index (χ1) is 13.8. The third-order valence-electron chi connectivity index (χ3n) is 4.47. The molecule has 2 aromatic carbocycles. The quantitative estimate of drug-likeness (QED) is 0.748. The van der Waals surface area contributed by atoms with Crippen LogP contribution in [-0.4, -0.2) is 39.6 Å². The van der Waals surface area contributed by atoms with E-state index in [4.69, 9.17) is 4.74 Å². The summed E-state index contributed by atoms with van der Waals surface area (Å²) in [6.07, 6.45) is 0. The van der Waals surface area contributed by atoms with Crippen molar-refractivity contribution < 1.29 is 22.7 Å². The number of hydrogen-bond acceptors (Lipinski definition) is 6. The predicted molar refractivity (Wildman–Crippen MR) is 110 cm³/mol. The lowest BCUT2D eigenvalue weighted by atomic mass is 10.1. The zero-order valence-corrected chi connectivity index (χ0v) is 17.0. The average molecular weight is 429 g/mol. The largest absolute Gasteiger partial charge is 0.497 e. The van der Waals surface area contributed by atoms with Gasteiger partial charge in [0.15, 0.2) is 5.17 Å². The Balaban J connectivity index is 1.71. The van der Waals surface area contributed by atoms with Crippen molar-refractivity contribution in [2.45, 2.75) is 4.90 Å². The fraction of sp³-hybridized carbons (Fsp3) is 0.105. The lowest BCUT2D eigenvalue weighted by molar-refractivity contribution is -0.116. The molecular weight excluding hydrogens is 414 g/mol. The number of nitrogens with zero attached hydrogens (tertiary/aromatic N) is 2. The molecule has 10 heteroatoms. The fourth-order valence-corrected chi connectivity index (χ4v) is 5.10. The third-order valence-corrected chi connectivity index (χ3v) is 6.85. The summed E-state index contributed by atoms with van der Waals surface area (Å²) in [7, 11) is -0.949. The lowest BCUT2D eigenvalue weighted by Crippen LogP contribution is -2.23. The Morgan fingerprint density at radius 2 is 1.76 bits per heavy atom. The number of anilines is 1. The summed E-state index contributed by atoms with van der Waals surface area (Å²) in [4.78, 5) is 26.7. The smallest absolute Gasteiger partial charge is 0.284 e. The minimum absolute atomic E-state index is 0.0382. The van der Waals surface area contributed by atoms with Crippen molar-refractivity contribution in [1.82, 2.24) is 5.32 Å². The van der Waals surface area contributed by atoms with Crippen molar-refractivity contribution in [2.24, 2.45) is 4.40 Å². The molecule has 8 nitrogen and oxygen atoms in total. The van der Waals surface area contributed by atoms with Crippen molar-refractivity contribution >= 4 is 50.0 Å². The first-order valence-corrected chi connectivity index (χ1v) is 10.7. The van der Waals surface area contributed by atoms with Crippen LogP contribution in [0.4, 0.5) is 5.69 Å². The number of ether oxygens (including phenoxy) is 1. The Morgan fingerprint density at radius 1 is 1.07 bits per heavy atom. The monoisotopic (exact) mass is 429 g/mol. The van der Waals surface area contributed by atoms with Crippen molar-refractivity contribution in [1.29, 1.82) is 0 Å². The molecule has 1 saturated heterocycles. The molecule has 1 fully saturated rings. The number of carbonyl (C=O) groups excluding carboxylic acids is 2. The van der Waals surface area contributed by atoms with Gasteiger partial charge < -0.3 is 9.64 Å². The van der Waals surface area contributed by atoms with Crippen molar-refractivity contribution in [3.63, 3.8) is 0 Å². The van der Waals surface area contributed by atoms with Crippen LogP contribution in [-0.2, 0) is 19.6 Å². The van der Waals surface area contributed by atoms with Gasteiger partial charge in [-0.2, -0.15) is 8.42 Å². The highest BCUT2D eigenvalue weighted by atomic mass is 32.2. The van der Waals surface area contributed by atoms with Gasteiger partial charge in [-0.05, 0) is 42.1 Å². The summed E-state index contributed by atoms with van der Waals surface area (Å²) in [5.74, 6) is -0.384. The lowest BCUT2D eigenvalue weighted by Gasteiger charge is -2.08. The molecule has 0 saturated carbocycles. The normalized spacial score (nSPS) is 20.2. The maximum Gasteiger partial charge on any atom is 0.284 e. The summed E-state index contributed by atoms with van der Waals surface area (Å²) in [6, 6.07) is 12.8. The molecule has 2 aliphatic heterocycles. The first-order valence-electron chi connectivity index (χ1n) is 8.42. The van der Waals surface area contributed by atoms with Crippen LogP contribution in [0, 0.1) is 0 Å². The molecule has 0 radical (unpaired) electrons. The van der Waals surface area contributed by atoms with Crippen LogP contribution < -0.4 is 15.0 Å². The number of rotatable bonds is 3. The molecule has 1 N–H and O–H groups in total. The standard InChI is InChI=1S/C19H15N3O5S2/c1-22-14-6-4-3-5-13(14)15(18(22)24)16-17(23)20-19(28-16)21-29(25,26)12-9-7-11(27-2)8-10-12/h3-10H,1-2H3,(H,20,21,23)/b16-15-. The van der Waals surface area contributed by atoms with Gasteiger partial charge in [0, 0.05) is 12.6 Å². The van der Waals surface area contributed by atoms with Crippen molar-refractivity contribution in [3.05, 3.63) is 59.0 Å². The highest BCUT2D eigenvalue weighted by Gasteiger charge is 2.38. The number of thioether (sulfide) groups is 1. The van der Waals surface area contributed by atoms with Gasteiger partial charge in [-0.1, -0.05) is 18.2 Å². The number of amidine groups is 1. The Hall–Kier alpha value is -3.11. The number of nitrogens with one attached hydrogen (secondary N) is 1. The van der Waals surface area contributed by atoms with E-state index in [0.717, 1.165) is 11.8 Å². The van der Waals surface area contributed by atoms with E-state index in [1.54, 1.807) is 31.3 Å². The number of fused-ring (bicyclic) bond motifs is 1. The van der Waals surface area contributed by atoms with Gasteiger partial charge in [0.1, 0.15) is 5.75 Å². The molecule has 2 heterocycles. The second-order valence-corrected chi connectivity index (χ2v) is 8.79. The van der Waals surface area contributed by atoms with Gasteiger partial charge in [-0.25, -0.2) is 0 Å². The van der Waals surface area contributed by atoms with E-state index in [1.807, 2.05) is 0 Å². The van der Waals surface area contributed by atoms with Crippen molar-refractivity contribution in [2.75, 3.05) is 19.1 Å². The van der Waals surface area contributed by atoms with E-state index in [2.05, 4.69) is 9.71 Å². The molecule has 0 atom stereocenters. The highest BCUT2D eigenvalue weighted by Crippen LogP contribution is 2.41. The molecule has 0 spiro atoms. The first kappa shape index (κ1) is 19.2. The second-order valence-electron chi connectivity index (χ2n) is 6.19. The Morgan fingerprint density at radius 3 is 2.45 bits per heavy atom. The zero-order valence-electron chi connectivity index (χ0n) is 15.4. The molecule has 29 heavy (non-hydrogen) atoms. The predicted octanol–water partition coefficient (Wildman–Crippen LogP) is 1.99. The van der Waals surface area contributed by atoms with Crippen LogP contribution >= 0.6 is 11.8 Å². The van der Waals surface area contributed by atoms with Gasteiger partial charge in [0.05, 0.1) is 28.2 Å². The molecule has 0 aliphatic carbocycles. The molecule has 2 aliphatic rings. The molecule has 2 aromatic rings. The number of amides is 2. The van der Waals surface area contributed by atoms with E-state index in [0.29, 0.717) is 17.0 Å². The molecule has 0 unspecified atom stereocenters. The van der Waals surface area contributed by atoms with Crippen LogP contribution in [0.25, 0.3) is 5.57 Å². The van der Waals surface area contributed by atoms with E-state index in [-0.39, 0.29) is 26.4 Å². The van der Waals surface area contributed by atoms with Gasteiger partial charge in [0.2, 0.25) is 0 Å². The molecule has 0 aromatic heterocycles. The minimum Gasteiger partial charge on any atom is -0.497 e. The number of sulfonamides is 1. The van der Waals surface area contributed by atoms with Gasteiger partial charge in [-0.3, -0.25) is 14.9 Å². The molecule has 2 amide bonds. The van der Waals surface area contributed by atoms with E-state index >= 15 is 0 Å². The molecular formula is C19H15N3O5S2. The summed E-state index contributed by atoms with van der Waals surface area (Å²) in [5.41, 5.74) is 1.54. The topological polar surface area (TPSA) is 105 Å². The Kier molecular flexibility index (Phi) is 4.67. The SMILES string of the molecule is COc1ccc(S(=O)(=O)/N=C2/NC(=O)/C(=C3/C(=O)N(C)c4ccccc43)S2)cc1. The molecule has 0 bridgehead atoms. The number of para-hydroxylation sites is 1. The maximum atomic E-state index is 12.7. The van der Waals surface area contributed by atoms with Crippen LogP contribution in [0.5, 0.6) is 5.75 Å². The Bertz CT molecular complexity index is 1200. The van der Waals surface area contributed by atoms with Gasteiger partial charge in [0.25, 0.3) is 21.8 Å².